The smallest absolute Gasteiger partial charge is 0.303 e. The summed E-state index contributed by atoms with van der Waals surface area (Å²) in [7, 11) is 0. The van der Waals surface area contributed by atoms with E-state index in [1.54, 1.807) is 0 Å². The summed E-state index contributed by atoms with van der Waals surface area (Å²) in [6.45, 7) is 2.12. The number of nitrogens with one attached hydrogen (secondary N) is 1. The van der Waals surface area contributed by atoms with E-state index in [9.17, 15) is 4.79 Å². The summed E-state index contributed by atoms with van der Waals surface area (Å²) in [4.78, 5) is 18.2. The molecule has 2 N–H and O–H groups in total. The lowest BCUT2D eigenvalue weighted by molar-refractivity contribution is -0.136. The van der Waals surface area contributed by atoms with Crippen LogP contribution in [0.4, 0.5) is 0 Å². The SMILES string of the molecule is CCCc1nc2ccc(CCC(=O)O)cc2[nH]1. The van der Waals surface area contributed by atoms with Gasteiger partial charge in [0.05, 0.1) is 11.0 Å². The predicted octanol–water partition coefficient (Wildman–Crippen LogP) is 2.53. The van der Waals surface area contributed by atoms with Crippen LogP contribution in [0.2, 0.25) is 0 Å². The monoisotopic (exact) mass is 232 g/mol. The van der Waals surface area contributed by atoms with Crippen molar-refractivity contribution in [3.8, 4) is 0 Å². The Morgan fingerprint density at radius 1 is 1.41 bits per heavy atom. The van der Waals surface area contributed by atoms with E-state index in [0.29, 0.717) is 6.42 Å². The predicted molar refractivity (Wildman–Crippen MR) is 66.0 cm³/mol. The number of aryl methyl sites for hydroxylation is 2. The van der Waals surface area contributed by atoms with Gasteiger partial charge in [0.2, 0.25) is 0 Å². The lowest BCUT2D eigenvalue weighted by Crippen LogP contribution is -1.97. The molecule has 2 rings (SSSR count). The molecule has 0 radical (unpaired) electrons. The first kappa shape index (κ1) is 11.6. The number of carboxylic acids is 1. The molecule has 4 heteroatoms. The first-order valence-corrected chi connectivity index (χ1v) is 5.88. The summed E-state index contributed by atoms with van der Waals surface area (Å²) < 4.78 is 0. The fourth-order valence-electron chi connectivity index (χ4n) is 1.87. The number of fused-ring (bicyclic) bond motifs is 1. The van der Waals surface area contributed by atoms with Crippen LogP contribution >= 0.6 is 0 Å². The Kier molecular flexibility index (Phi) is 3.42. The van der Waals surface area contributed by atoms with E-state index in [0.717, 1.165) is 35.3 Å². The van der Waals surface area contributed by atoms with Gasteiger partial charge >= 0.3 is 5.97 Å². The third-order valence-corrected chi connectivity index (χ3v) is 2.71. The van der Waals surface area contributed by atoms with E-state index in [2.05, 4.69) is 16.9 Å². The van der Waals surface area contributed by atoms with Crippen molar-refractivity contribution in [2.24, 2.45) is 0 Å². The molecule has 0 aliphatic rings. The van der Waals surface area contributed by atoms with Crippen LogP contribution in [0.3, 0.4) is 0 Å². The molecule has 1 heterocycles. The second kappa shape index (κ2) is 4.99. The van der Waals surface area contributed by atoms with Crippen LogP contribution < -0.4 is 0 Å². The number of aromatic nitrogens is 2. The van der Waals surface area contributed by atoms with E-state index >= 15 is 0 Å². The summed E-state index contributed by atoms with van der Waals surface area (Å²) in [5.74, 6) is 0.235. The number of hydrogen-bond acceptors (Lipinski definition) is 2. The first-order valence-electron chi connectivity index (χ1n) is 5.88. The number of imidazole rings is 1. The molecule has 0 unspecified atom stereocenters. The number of carboxylic acid groups (broad SMARTS) is 1. The molecule has 2 aromatic rings. The number of aromatic amines is 1. The molecular formula is C13H16N2O2. The molecule has 0 fully saturated rings. The van der Waals surface area contributed by atoms with Crippen molar-refractivity contribution < 1.29 is 9.90 Å². The maximum Gasteiger partial charge on any atom is 0.303 e. The van der Waals surface area contributed by atoms with Gasteiger partial charge in [-0.25, -0.2) is 4.98 Å². The van der Waals surface area contributed by atoms with E-state index < -0.39 is 5.97 Å². The Balaban J connectivity index is 2.20. The zero-order valence-electron chi connectivity index (χ0n) is 9.86. The van der Waals surface area contributed by atoms with Crippen molar-refractivity contribution in [3.05, 3.63) is 29.6 Å². The average Bonchev–Trinajstić information content (AvgIpc) is 2.68. The maximum absolute atomic E-state index is 10.5. The van der Waals surface area contributed by atoms with Gasteiger partial charge in [0.1, 0.15) is 5.82 Å². The maximum atomic E-state index is 10.5. The molecular weight excluding hydrogens is 216 g/mol. The number of aliphatic carboxylic acids is 1. The first-order chi connectivity index (χ1) is 8.19. The second-order valence-corrected chi connectivity index (χ2v) is 4.18. The molecule has 0 aliphatic carbocycles. The third-order valence-electron chi connectivity index (χ3n) is 2.71. The Bertz CT molecular complexity index is 531. The van der Waals surface area contributed by atoms with Gasteiger partial charge in [0, 0.05) is 12.8 Å². The van der Waals surface area contributed by atoms with Crippen LogP contribution in [0.15, 0.2) is 18.2 Å². The molecule has 0 atom stereocenters. The van der Waals surface area contributed by atoms with E-state index in [1.165, 1.54) is 0 Å². The summed E-state index contributed by atoms with van der Waals surface area (Å²) in [6, 6.07) is 5.88. The highest BCUT2D eigenvalue weighted by atomic mass is 16.4. The van der Waals surface area contributed by atoms with Gasteiger partial charge in [-0.2, -0.15) is 0 Å². The van der Waals surface area contributed by atoms with Crippen molar-refractivity contribution in [2.45, 2.75) is 32.6 Å². The second-order valence-electron chi connectivity index (χ2n) is 4.18. The molecule has 0 saturated heterocycles. The Morgan fingerprint density at radius 2 is 2.24 bits per heavy atom. The number of rotatable bonds is 5. The Hall–Kier alpha value is -1.84. The van der Waals surface area contributed by atoms with E-state index in [4.69, 9.17) is 5.11 Å². The molecule has 0 bridgehead atoms. The van der Waals surface area contributed by atoms with Crippen molar-refractivity contribution in [3.63, 3.8) is 0 Å². The Morgan fingerprint density at radius 3 is 2.94 bits per heavy atom. The highest BCUT2D eigenvalue weighted by Crippen LogP contribution is 2.15. The van der Waals surface area contributed by atoms with Crippen LogP contribution in [0.25, 0.3) is 11.0 Å². The van der Waals surface area contributed by atoms with Gasteiger partial charge in [-0.1, -0.05) is 13.0 Å². The largest absolute Gasteiger partial charge is 0.481 e. The normalized spacial score (nSPS) is 10.9. The number of hydrogen-bond donors (Lipinski definition) is 2. The lowest BCUT2D eigenvalue weighted by atomic mass is 10.1. The van der Waals surface area contributed by atoms with Crippen LogP contribution in [-0.4, -0.2) is 21.0 Å². The van der Waals surface area contributed by atoms with Crippen LogP contribution in [0, 0.1) is 0 Å². The van der Waals surface area contributed by atoms with Gasteiger partial charge in [0.15, 0.2) is 0 Å². The highest BCUT2D eigenvalue weighted by molar-refractivity contribution is 5.76. The van der Waals surface area contributed by atoms with Gasteiger partial charge in [-0.15, -0.1) is 0 Å². The molecule has 4 nitrogen and oxygen atoms in total. The molecule has 0 amide bonds. The Labute approximate surface area is 99.7 Å². The van der Waals surface area contributed by atoms with Crippen molar-refractivity contribution in [1.29, 1.82) is 0 Å². The molecule has 0 spiro atoms. The summed E-state index contributed by atoms with van der Waals surface area (Å²) >= 11 is 0. The molecule has 0 aliphatic heterocycles. The number of H-pyrrole nitrogens is 1. The quantitative estimate of drug-likeness (QED) is 0.832. The fraction of sp³-hybridized carbons (Fsp3) is 0.385. The number of carbonyl (C=O) groups is 1. The minimum Gasteiger partial charge on any atom is -0.481 e. The standard InChI is InChI=1S/C13H16N2O2/c1-2-3-12-14-10-6-4-9(5-7-13(16)17)8-11(10)15-12/h4,6,8H,2-3,5,7H2,1H3,(H,14,15)(H,16,17). The van der Waals surface area contributed by atoms with Crippen molar-refractivity contribution in [1.82, 2.24) is 9.97 Å². The average molecular weight is 232 g/mol. The molecule has 1 aromatic heterocycles. The minimum absolute atomic E-state index is 0.168. The van der Waals surface area contributed by atoms with Crippen LogP contribution in [-0.2, 0) is 17.6 Å². The fourth-order valence-corrected chi connectivity index (χ4v) is 1.87. The number of nitrogens with zero attached hydrogens (tertiary/aromatic N) is 1. The lowest BCUT2D eigenvalue weighted by Gasteiger charge is -1.97. The minimum atomic E-state index is -0.763. The molecule has 1 aromatic carbocycles. The van der Waals surface area contributed by atoms with Gasteiger partial charge < -0.3 is 10.1 Å². The van der Waals surface area contributed by atoms with Crippen molar-refractivity contribution >= 4 is 17.0 Å². The summed E-state index contributed by atoms with van der Waals surface area (Å²) in [5.41, 5.74) is 2.98. The zero-order valence-corrected chi connectivity index (χ0v) is 9.86. The summed E-state index contributed by atoms with van der Waals surface area (Å²) in [5, 5.41) is 8.64. The number of benzene rings is 1. The van der Waals surface area contributed by atoms with Gasteiger partial charge in [0.25, 0.3) is 0 Å². The van der Waals surface area contributed by atoms with Gasteiger partial charge in [-0.05, 0) is 30.5 Å². The zero-order chi connectivity index (χ0) is 12.3. The summed E-state index contributed by atoms with van der Waals surface area (Å²) in [6.07, 6.45) is 2.74. The van der Waals surface area contributed by atoms with E-state index in [1.807, 2.05) is 18.2 Å². The van der Waals surface area contributed by atoms with E-state index in [-0.39, 0.29) is 6.42 Å². The topological polar surface area (TPSA) is 66.0 Å². The highest BCUT2D eigenvalue weighted by Gasteiger charge is 2.04. The third kappa shape index (κ3) is 2.84. The molecule has 17 heavy (non-hydrogen) atoms. The van der Waals surface area contributed by atoms with Crippen molar-refractivity contribution in [2.75, 3.05) is 0 Å². The van der Waals surface area contributed by atoms with Crippen LogP contribution in [0.1, 0.15) is 31.2 Å². The molecule has 0 saturated carbocycles. The molecule has 90 valence electrons. The van der Waals surface area contributed by atoms with Gasteiger partial charge in [-0.3, -0.25) is 4.79 Å². The van der Waals surface area contributed by atoms with Crippen LogP contribution in [0.5, 0.6) is 0 Å².